The van der Waals surface area contributed by atoms with E-state index in [0.717, 1.165) is 42.3 Å². The monoisotopic (exact) mass is 282 g/mol. The summed E-state index contributed by atoms with van der Waals surface area (Å²) in [6.45, 7) is 5.16. The Balaban J connectivity index is 1.51. The molecule has 6 nitrogen and oxygen atoms in total. The van der Waals surface area contributed by atoms with E-state index in [1.807, 2.05) is 30.9 Å². The zero-order valence-electron chi connectivity index (χ0n) is 12.3. The van der Waals surface area contributed by atoms with Crippen LogP contribution in [-0.4, -0.2) is 37.2 Å². The molecule has 21 heavy (non-hydrogen) atoms. The van der Waals surface area contributed by atoms with Gasteiger partial charge in [-0.3, -0.25) is 0 Å². The van der Waals surface area contributed by atoms with Gasteiger partial charge in [-0.25, -0.2) is 15.0 Å². The van der Waals surface area contributed by atoms with Gasteiger partial charge in [0.05, 0.1) is 5.39 Å². The molecule has 0 unspecified atom stereocenters. The topological polar surface area (TPSA) is 51.8 Å². The van der Waals surface area contributed by atoms with Crippen molar-refractivity contribution in [3.8, 4) is 0 Å². The second kappa shape index (κ2) is 4.58. The van der Waals surface area contributed by atoms with E-state index in [4.69, 9.17) is 0 Å². The summed E-state index contributed by atoms with van der Waals surface area (Å²) in [7, 11) is 2.01. The molecule has 3 aromatic heterocycles. The molecular weight excluding hydrogens is 264 g/mol. The number of anilines is 1. The van der Waals surface area contributed by atoms with Gasteiger partial charge in [0.15, 0.2) is 0 Å². The predicted octanol–water partition coefficient (Wildman–Crippen LogP) is 1.61. The number of aromatic nitrogens is 5. The summed E-state index contributed by atoms with van der Waals surface area (Å²) < 4.78 is 4.26. The highest BCUT2D eigenvalue weighted by Crippen LogP contribution is 2.29. The van der Waals surface area contributed by atoms with Gasteiger partial charge in [0.1, 0.15) is 23.6 Å². The van der Waals surface area contributed by atoms with Crippen LogP contribution in [0.4, 0.5) is 5.82 Å². The number of nitrogens with zero attached hydrogens (tertiary/aromatic N) is 6. The van der Waals surface area contributed by atoms with Crippen molar-refractivity contribution in [1.82, 2.24) is 24.1 Å². The van der Waals surface area contributed by atoms with Crippen LogP contribution in [0.5, 0.6) is 0 Å². The van der Waals surface area contributed by atoms with Crippen LogP contribution in [-0.2, 0) is 13.6 Å². The third kappa shape index (κ3) is 1.98. The highest BCUT2D eigenvalue weighted by atomic mass is 15.3. The highest BCUT2D eigenvalue weighted by molar-refractivity contribution is 5.88. The molecule has 4 rings (SSSR count). The maximum atomic E-state index is 4.47. The SMILES string of the molecule is Cc1nccn1CC1CN(c2ncnc3c2ccn3C)C1. The first-order chi connectivity index (χ1) is 10.2. The quantitative estimate of drug-likeness (QED) is 0.732. The van der Waals surface area contributed by atoms with Crippen molar-refractivity contribution in [2.45, 2.75) is 13.5 Å². The number of imidazole rings is 1. The fourth-order valence-electron chi connectivity index (χ4n) is 3.05. The van der Waals surface area contributed by atoms with E-state index in [2.05, 4.69) is 36.7 Å². The summed E-state index contributed by atoms with van der Waals surface area (Å²) in [4.78, 5) is 15.4. The van der Waals surface area contributed by atoms with E-state index >= 15 is 0 Å². The zero-order chi connectivity index (χ0) is 14.4. The van der Waals surface area contributed by atoms with Gasteiger partial charge in [-0.15, -0.1) is 0 Å². The molecule has 0 aliphatic carbocycles. The van der Waals surface area contributed by atoms with Crippen molar-refractivity contribution in [1.29, 1.82) is 0 Å². The first kappa shape index (κ1) is 12.4. The Kier molecular flexibility index (Phi) is 2.70. The maximum absolute atomic E-state index is 4.47. The van der Waals surface area contributed by atoms with Crippen LogP contribution >= 0.6 is 0 Å². The summed E-state index contributed by atoms with van der Waals surface area (Å²) in [5.41, 5.74) is 0.994. The molecule has 0 radical (unpaired) electrons. The third-order valence-electron chi connectivity index (χ3n) is 4.28. The third-order valence-corrected chi connectivity index (χ3v) is 4.28. The van der Waals surface area contributed by atoms with Gasteiger partial charge in [-0.05, 0) is 13.0 Å². The van der Waals surface area contributed by atoms with Gasteiger partial charge in [0, 0.05) is 51.2 Å². The molecule has 1 aliphatic heterocycles. The Labute approximate surface area is 123 Å². The molecule has 108 valence electrons. The number of hydrogen-bond donors (Lipinski definition) is 0. The molecular formula is C15H18N6. The summed E-state index contributed by atoms with van der Waals surface area (Å²) in [6, 6.07) is 2.10. The minimum atomic E-state index is 0.659. The van der Waals surface area contributed by atoms with Crippen LogP contribution in [0, 0.1) is 12.8 Å². The zero-order valence-corrected chi connectivity index (χ0v) is 12.3. The second-order valence-corrected chi connectivity index (χ2v) is 5.76. The van der Waals surface area contributed by atoms with Gasteiger partial charge in [-0.1, -0.05) is 0 Å². The Morgan fingerprint density at radius 3 is 2.81 bits per heavy atom. The summed E-state index contributed by atoms with van der Waals surface area (Å²) in [5.74, 6) is 2.80. The molecule has 0 atom stereocenters. The Morgan fingerprint density at radius 1 is 1.19 bits per heavy atom. The van der Waals surface area contributed by atoms with E-state index in [-0.39, 0.29) is 0 Å². The van der Waals surface area contributed by atoms with Crippen molar-refractivity contribution >= 4 is 16.9 Å². The molecule has 0 N–H and O–H groups in total. The molecule has 1 aliphatic rings. The second-order valence-electron chi connectivity index (χ2n) is 5.76. The van der Waals surface area contributed by atoms with Crippen molar-refractivity contribution in [2.75, 3.05) is 18.0 Å². The van der Waals surface area contributed by atoms with Gasteiger partial charge >= 0.3 is 0 Å². The van der Waals surface area contributed by atoms with Gasteiger partial charge in [0.2, 0.25) is 0 Å². The fourth-order valence-corrected chi connectivity index (χ4v) is 3.05. The number of rotatable bonds is 3. The molecule has 0 spiro atoms. The lowest BCUT2D eigenvalue weighted by molar-refractivity contribution is 0.353. The van der Waals surface area contributed by atoms with E-state index in [0.29, 0.717) is 5.92 Å². The van der Waals surface area contributed by atoms with Crippen LogP contribution in [0.25, 0.3) is 11.0 Å². The molecule has 0 saturated carbocycles. The van der Waals surface area contributed by atoms with E-state index in [1.54, 1.807) is 6.33 Å². The van der Waals surface area contributed by atoms with Crippen LogP contribution in [0.1, 0.15) is 5.82 Å². The molecule has 0 bridgehead atoms. The first-order valence-electron chi connectivity index (χ1n) is 7.21. The van der Waals surface area contributed by atoms with Crippen molar-refractivity contribution in [3.05, 3.63) is 36.8 Å². The van der Waals surface area contributed by atoms with Crippen molar-refractivity contribution in [2.24, 2.45) is 13.0 Å². The van der Waals surface area contributed by atoms with Crippen LogP contribution in [0.2, 0.25) is 0 Å². The lowest BCUT2D eigenvalue weighted by Gasteiger charge is -2.40. The first-order valence-corrected chi connectivity index (χ1v) is 7.21. The molecule has 1 fully saturated rings. The molecule has 3 aromatic rings. The number of hydrogen-bond acceptors (Lipinski definition) is 4. The van der Waals surface area contributed by atoms with Crippen LogP contribution in [0.3, 0.4) is 0 Å². The summed E-state index contributed by atoms with van der Waals surface area (Å²) in [5, 5.41) is 1.14. The fraction of sp³-hybridized carbons (Fsp3) is 0.400. The normalized spacial score (nSPS) is 15.6. The minimum absolute atomic E-state index is 0.659. The summed E-state index contributed by atoms with van der Waals surface area (Å²) >= 11 is 0. The summed E-state index contributed by atoms with van der Waals surface area (Å²) in [6.07, 6.45) is 7.61. The van der Waals surface area contributed by atoms with Gasteiger partial charge < -0.3 is 14.0 Å². The maximum Gasteiger partial charge on any atom is 0.145 e. The average Bonchev–Trinajstić information content (AvgIpc) is 3.01. The van der Waals surface area contributed by atoms with E-state index in [1.165, 1.54) is 0 Å². The standard InChI is InChI=1S/C15H18N6/c1-11-16-4-6-20(11)7-12-8-21(9-12)15-13-3-5-19(2)14(13)17-10-18-15/h3-6,10,12H,7-9H2,1-2H3. The molecule has 0 amide bonds. The van der Waals surface area contributed by atoms with Crippen molar-refractivity contribution in [3.63, 3.8) is 0 Å². The van der Waals surface area contributed by atoms with Crippen LogP contribution < -0.4 is 4.90 Å². The van der Waals surface area contributed by atoms with Gasteiger partial charge in [0.25, 0.3) is 0 Å². The highest BCUT2D eigenvalue weighted by Gasteiger charge is 2.29. The average molecular weight is 282 g/mol. The van der Waals surface area contributed by atoms with Crippen LogP contribution in [0.15, 0.2) is 31.0 Å². The molecule has 1 saturated heterocycles. The molecule has 0 aromatic carbocycles. The van der Waals surface area contributed by atoms with Gasteiger partial charge in [-0.2, -0.15) is 0 Å². The minimum Gasteiger partial charge on any atom is -0.355 e. The smallest absolute Gasteiger partial charge is 0.145 e. The Morgan fingerprint density at radius 2 is 2.05 bits per heavy atom. The predicted molar refractivity (Wildman–Crippen MR) is 81.2 cm³/mol. The lowest BCUT2D eigenvalue weighted by atomic mass is 10.00. The largest absolute Gasteiger partial charge is 0.355 e. The van der Waals surface area contributed by atoms with Crippen molar-refractivity contribution < 1.29 is 0 Å². The lowest BCUT2D eigenvalue weighted by Crippen LogP contribution is -2.49. The Bertz CT molecular complexity index is 780. The number of aryl methyl sites for hydroxylation is 2. The van der Waals surface area contributed by atoms with E-state index in [9.17, 15) is 0 Å². The molecule has 6 heteroatoms. The Hall–Kier alpha value is -2.37. The van der Waals surface area contributed by atoms with E-state index < -0.39 is 0 Å². The number of fused-ring (bicyclic) bond motifs is 1. The molecule has 4 heterocycles.